The second-order valence-corrected chi connectivity index (χ2v) is 6.10. The van der Waals surface area contributed by atoms with E-state index in [2.05, 4.69) is 0 Å². The van der Waals surface area contributed by atoms with Gasteiger partial charge in [0.05, 0.1) is 20.9 Å². The quantitative estimate of drug-likeness (QED) is 0.589. The number of rotatable bonds is 5. The number of hydrogen-bond acceptors (Lipinski definition) is 6. The van der Waals surface area contributed by atoms with Gasteiger partial charge >= 0.3 is 17.8 Å². The van der Waals surface area contributed by atoms with Crippen molar-refractivity contribution in [3.8, 4) is 11.5 Å². The van der Waals surface area contributed by atoms with Crippen molar-refractivity contribution in [2.45, 2.75) is 18.9 Å². The Morgan fingerprint density at radius 2 is 1.88 bits per heavy atom. The number of methoxy groups -OCH3 is 2. The van der Waals surface area contributed by atoms with Crippen molar-refractivity contribution in [1.82, 2.24) is 14.7 Å². The van der Waals surface area contributed by atoms with Gasteiger partial charge in [-0.25, -0.2) is 9.69 Å². The number of urea groups is 1. The molecule has 3 rings (SSSR count). The fourth-order valence-electron chi connectivity index (χ4n) is 3.36. The zero-order chi connectivity index (χ0) is 18.1. The van der Waals surface area contributed by atoms with Crippen molar-refractivity contribution in [2.24, 2.45) is 0 Å². The molecule has 8 nitrogen and oxygen atoms in total. The Kier molecular flexibility index (Phi) is 4.63. The maximum atomic E-state index is 12.1. The van der Waals surface area contributed by atoms with Crippen LogP contribution < -0.4 is 9.47 Å². The lowest BCUT2D eigenvalue weighted by atomic mass is 10.0. The third-order valence-electron chi connectivity index (χ3n) is 4.74. The molecule has 0 aliphatic carbocycles. The molecule has 2 fully saturated rings. The molecule has 0 unspecified atom stereocenters. The Labute approximate surface area is 145 Å². The van der Waals surface area contributed by atoms with Gasteiger partial charge in [0.1, 0.15) is 11.5 Å². The predicted molar refractivity (Wildman–Crippen MR) is 88.1 cm³/mol. The van der Waals surface area contributed by atoms with Crippen LogP contribution in [0.3, 0.4) is 0 Å². The summed E-state index contributed by atoms with van der Waals surface area (Å²) in [5.41, 5.74) is 0.972. The first-order chi connectivity index (χ1) is 12.0. The molecule has 1 atom stereocenters. The molecule has 0 spiro atoms. The number of hydrogen-bond donors (Lipinski definition) is 0. The van der Waals surface area contributed by atoms with Gasteiger partial charge in [-0.15, -0.1) is 0 Å². The second kappa shape index (κ2) is 6.72. The van der Waals surface area contributed by atoms with Crippen LogP contribution in [0.4, 0.5) is 4.79 Å². The zero-order valence-electron chi connectivity index (χ0n) is 14.5. The van der Waals surface area contributed by atoms with Gasteiger partial charge in [0.25, 0.3) is 0 Å². The molecule has 0 saturated carbocycles. The Morgan fingerprint density at radius 1 is 1.12 bits per heavy atom. The largest absolute Gasteiger partial charge is 0.497 e. The molecular formula is C17H21N3O5. The molecule has 2 saturated heterocycles. The van der Waals surface area contributed by atoms with Crippen LogP contribution in [0.1, 0.15) is 24.4 Å². The van der Waals surface area contributed by atoms with Crippen LogP contribution in [0.5, 0.6) is 11.5 Å². The molecule has 8 heteroatoms. The number of likely N-dealkylation sites (tertiary alicyclic amines) is 1. The van der Waals surface area contributed by atoms with Gasteiger partial charge in [-0.1, -0.05) is 6.07 Å². The monoisotopic (exact) mass is 347 g/mol. The molecule has 0 N–H and O–H groups in total. The molecule has 2 aliphatic heterocycles. The molecule has 0 radical (unpaired) electrons. The Morgan fingerprint density at radius 3 is 2.48 bits per heavy atom. The van der Waals surface area contributed by atoms with E-state index >= 15 is 0 Å². The van der Waals surface area contributed by atoms with E-state index in [4.69, 9.17) is 9.47 Å². The summed E-state index contributed by atoms with van der Waals surface area (Å²) in [5, 5.41) is 0. The number of likely N-dealkylation sites (N-methyl/N-ethyl adjacent to an activating group) is 1. The highest BCUT2D eigenvalue weighted by molar-refractivity contribution is 6.44. The van der Waals surface area contributed by atoms with E-state index in [1.165, 1.54) is 7.05 Å². The van der Waals surface area contributed by atoms with E-state index in [9.17, 15) is 14.4 Å². The van der Waals surface area contributed by atoms with E-state index in [1.54, 1.807) is 14.2 Å². The number of amides is 4. The number of imide groups is 2. The standard InChI is InChI=1S/C17H21N3O5/c1-18-15(21)16(22)20(17(18)23)10-19-8-4-5-13(19)12-7-6-11(24-2)9-14(12)25-3/h6-7,9,13H,4-5,8,10H2,1-3H3/t13-/m1/s1. The molecular weight excluding hydrogens is 326 g/mol. The van der Waals surface area contributed by atoms with Gasteiger partial charge in [-0.05, 0) is 18.9 Å². The lowest BCUT2D eigenvalue weighted by Gasteiger charge is -2.28. The van der Waals surface area contributed by atoms with E-state index in [1.807, 2.05) is 23.1 Å². The SMILES string of the molecule is COc1ccc([C@H]2CCCN2CN2C(=O)C(=O)N(C)C2=O)c(OC)c1. The van der Waals surface area contributed by atoms with Crippen LogP contribution in [0.2, 0.25) is 0 Å². The first-order valence-corrected chi connectivity index (χ1v) is 8.07. The van der Waals surface area contributed by atoms with Gasteiger partial charge in [0, 0.05) is 31.3 Å². The van der Waals surface area contributed by atoms with Crippen LogP contribution in [0.25, 0.3) is 0 Å². The van der Waals surface area contributed by atoms with Gasteiger partial charge < -0.3 is 9.47 Å². The predicted octanol–water partition coefficient (Wildman–Crippen LogP) is 1.22. The molecule has 0 bridgehead atoms. The highest BCUT2D eigenvalue weighted by atomic mass is 16.5. The summed E-state index contributed by atoms with van der Waals surface area (Å²) in [7, 11) is 4.50. The van der Waals surface area contributed by atoms with Crippen LogP contribution in [0, 0.1) is 0 Å². The molecule has 1 aromatic carbocycles. The number of benzene rings is 1. The minimum Gasteiger partial charge on any atom is -0.497 e. The third kappa shape index (κ3) is 2.93. The zero-order valence-corrected chi connectivity index (χ0v) is 14.5. The summed E-state index contributed by atoms with van der Waals surface area (Å²) in [6.45, 7) is 0.822. The average Bonchev–Trinajstić information content (AvgIpc) is 3.16. The summed E-state index contributed by atoms with van der Waals surface area (Å²) in [6.07, 6.45) is 1.81. The molecule has 25 heavy (non-hydrogen) atoms. The van der Waals surface area contributed by atoms with Gasteiger partial charge in [-0.2, -0.15) is 0 Å². The summed E-state index contributed by atoms with van der Waals surface area (Å²) in [6, 6.07) is 5.03. The normalized spacial score (nSPS) is 21.4. The summed E-state index contributed by atoms with van der Waals surface area (Å²) < 4.78 is 10.7. The van der Waals surface area contributed by atoms with Crippen LogP contribution >= 0.6 is 0 Å². The van der Waals surface area contributed by atoms with Crippen LogP contribution in [0.15, 0.2) is 18.2 Å². The fourth-order valence-corrected chi connectivity index (χ4v) is 3.36. The summed E-state index contributed by atoms with van der Waals surface area (Å²) >= 11 is 0. The number of carbonyl (C=O) groups excluding carboxylic acids is 3. The van der Waals surface area contributed by atoms with E-state index < -0.39 is 17.8 Å². The average molecular weight is 347 g/mol. The Balaban J connectivity index is 1.83. The molecule has 2 aliphatic rings. The van der Waals surface area contributed by atoms with E-state index in [0.29, 0.717) is 11.5 Å². The minimum absolute atomic E-state index is 0.00228. The van der Waals surface area contributed by atoms with Crippen LogP contribution in [-0.4, -0.2) is 67.0 Å². The lowest BCUT2D eigenvalue weighted by molar-refractivity contribution is -0.143. The summed E-state index contributed by atoms with van der Waals surface area (Å²) in [4.78, 5) is 39.7. The van der Waals surface area contributed by atoms with Crippen LogP contribution in [-0.2, 0) is 9.59 Å². The number of ether oxygens (including phenoxy) is 2. The van der Waals surface area contributed by atoms with Crippen molar-refractivity contribution >= 4 is 17.8 Å². The van der Waals surface area contributed by atoms with Crippen molar-refractivity contribution in [3.63, 3.8) is 0 Å². The van der Waals surface area contributed by atoms with Crippen molar-refractivity contribution in [2.75, 3.05) is 34.5 Å². The van der Waals surface area contributed by atoms with Gasteiger partial charge in [0.15, 0.2) is 0 Å². The maximum absolute atomic E-state index is 12.1. The first-order valence-electron chi connectivity index (χ1n) is 8.07. The van der Waals surface area contributed by atoms with Crippen molar-refractivity contribution < 1.29 is 23.9 Å². The molecule has 0 aromatic heterocycles. The first kappa shape index (κ1) is 17.2. The third-order valence-corrected chi connectivity index (χ3v) is 4.74. The lowest BCUT2D eigenvalue weighted by Crippen LogP contribution is -2.41. The highest BCUT2D eigenvalue weighted by Gasteiger charge is 2.44. The van der Waals surface area contributed by atoms with Crippen molar-refractivity contribution in [1.29, 1.82) is 0 Å². The van der Waals surface area contributed by atoms with Gasteiger partial charge in [-0.3, -0.25) is 19.4 Å². The molecule has 1 aromatic rings. The topological polar surface area (TPSA) is 79.4 Å². The number of nitrogens with zero attached hydrogens (tertiary/aromatic N) is 3. The fraction of sp³-hybridized carbons (Fsp3) is 0.471. The summed E-state index contributed by atoms with van der Waals surface area (Å²) in [5.74, 6) is -0.173. The second-order valence-electron chi connectivity index (χ2n) is 6.10. The Bertz CT molecular complexity index is 720. The highest BCUT2D eigenvalue weighted by Crippen LogP contribution is 2.38. The molecule has 4 amide bonds. The number of carbonyl (C=O) groups is 3. The van der Waals surface area contributed by atoms with E-state index in [-0.39, 0.29) is 12.7 Å². The van der Waals surface area contributed by atoms with E-state index in [0.717, 1.165) is 34.7 Å². The Hall–Kier alpha value is -2.61. The molecule has 134 valence electrons. The maximum Gasteiger partial charge on any atom is 0.335 e. The van der Waals surface area contributed by atoms with Gasteiger partial charge in [0.2, 0.25) is 0 Å². The molecule has 2 heterocycles. The minimum atomic E-state index is -0.789. The smallest absolute Gasteiger partial charge is 0.335 e. The van der Waals surface area contributed by atoms with Crippen molar-refractivity contribution in [3.05, 3.63) is 23.8 Å².